The Morgan fingerprint density at radius 1 is 1.24 bits per heavy atom. The summed E-state index contributed by atoms with van der Waals surface area (Å²) in [6.07, 6.45) is 7.48. The van der Waals surface area contributed by atoms with Crippen molar-refractivity contribution in [1.29, 1.82) is 0 Å². The fourth-order valence-corrected chi connectivity index (χ4v) is 3.29. The molecule has 0 bridgehead atoms. The van der Waals surface area contributed by atoms with Crippen LogP contribution in [-0.2, 0) is 0 Å². The second-order valence-corrected chi connectivity index (χ2v) is 6.39. The monoisotopic (exact) mass is 419 g/mol. The highest BCUT2D eigenvalue weighted by atomic mass is 127. The van der Waals surface area contributed by atoms with Crippen molar-refractivity contribution in [3.05, 3.63) is 34.9 Å². The summed E-state index contributed by atoms with van der Waals surface area (Å²) < 4.78 is 0. The molecule has 0 aromatic heterocycles. The van der Waals surface area contributed by atoms with Crippen molar-refractivity contribution in [2.24, 2.45) is 10.7 Å². The highest BCUT2D eigenvalue weighted by Gasteiger charge is 2.38. The number of hydrogen-bond acceptors (Lipinski definition) is 1. The molecule has 2 aliphatic carbocycles. The third-order valence-corrected chi connectivity index (χ3v) is 4.53. The molecular weight excluding hydrogens is 397 g/mol. The SMILES string of the molecule is I.NC(=NC1CC1c1cccc(Cl)c1)NC1CCCCC1. The molecule has 1 aromatic rings. The molecule has 116 valence electrons. The van der Waals surface area contributed by atoms with Crippen molar-refractivity contribution in [2.75, 3.05) is 0 Å². The van der Waals surface area contributed by atoms with Crippen molar-refractivity contribution in [3.8, 4) is 0 Å². The molecule has 5 heteroatoms. The highest BCUT2D eigenvalue weighted by molar-refractivity contribution is 14.0. The molecule has 21 heavy (non-hydrogen) atoms. The Morgan fingerprint density at radius 2 is 2.00 bits per heavy atom. The van der Waals surface area contributed by atoms with Crippen LogP contribution in [0.2, 0.25) is 5.02 Å². The van der Waals surface area contributed by atoms with Gasteiger partial charge in [-0.1, -0.05) is 43.0 Å². The van der Waals surface area contributed by atoms with Gasteiger partial charge in [0.05, 0.1) is 6.04 Å². The molecule has 2 fully saturated rings. The molecule has 0 radical (unpaired) electrons. The average Bonchev–Trinajstić information content (AvgIpc) is 3.19. The maximum absolute atomic E-state index is 6.03. The number of aliphatic imine (C=N–C) groups is 1. The lowest BCUT2D eigenvalue weighted by molar-refractivity contribution is 0.412. The third kappa shape index (κ3) is 4.74. The maximum Gasteiger partial charge on any atom is 0.189 e. The number of benzene rings is 1. The van der Waals surface area contributed by atoms with Crippen LogP contribution in [0.15, 0.2) is 29.3 Å². The summed E-state index contributed by atoms with van der Waals surface area (Å²) in [6.45, 7) is 0. The number of hydrogen-bond donors (Lipinski definition) is 2. The first-order chi connectivity index (χ1) is 9.72. The molecule has 3 nitrogen and oxygen atoms in total. The van der Waals surface area contributed by atoms with Gasteiger partial charge in [0.2, 0.25) is 0 Å². The van der Waals surface area contributed by atoms with Crippen LogP contribution in [0.25, 0.3) is 0 Å². The van der Waals surface area contributed by atoms with Gasteiger partial charge in [-0.2, -0.15) is 0 Å². The Kier molecular flexibility index (Phi) is 6.17. The Labute approximate surface area is 148 Å². The van der Waals surface area contributed by atoms with Gasteiger partial charge in [-0.25, -0.2) is 4.99 Å². The second kappa shape index (κ2) is 7.68. The van der Waals surface area contributed by atoms with Crippen molar-refractivity contribution < 1.29 is 0 Å². The molecule has 2 unspecified atom stereocenters. The molecule has 1 aromatic carbocycles. The number of nitrogens with one attached hydrogen (secondary N) is 1. The first-order valence-corrected chi connectivity index (χ1v) is 7.95. The standard InChI is InChI=1S/C16H22ClN3.HI/c17-12-6-4-5-11(9-12)14-10-15(14)20-16(18)19-13-7-2-1-3-8-13;/h4-6,9,13-15H,1-3,7-8,10H2,(H3,18,19,20);1H. The zero-order chi connectivity index (χ0) is 13.9. The molecule has 0 saturated heterocycles. The summed E-state index contributed by atoms with van der Waals surface area (Å²) in [7, 11) is 0. The van der Waals surface area contributed by atoms with E-state index in [1.165, 1.54) is 37.7 Å². The third-order valence-electron chi connectivity index (χ3n) is 4.30. The molecule has 2 saturated carbocycles. The summed E-state index contributed by atoms with van der Waals surface area (Å²) in [4.78, 5) is 4.61. The van der Waals surface area contributed by atoms with Crippen LogP contribution < -0.4 is 11.1 Å². The van der Waals surface area contributed by atoms with Gasteiger partial charge >= 0.3 is 0 Å². The lowest BCUT2D eigenvalue weighted by Gasteiger charge is -2.23. The van der Waals surface area contributed by atoms with Gasteiger partial charge in [-0.15, -0.1) is 24.0 Å². The van der Waals surface area contributed by atoms with E-state index in [1.807, 2.05) is 18.2 Å². The molecule has 0 spiro atoms. The fourth-order valence-electron chi connectivity index (χ4n) is 3.09. The summed E-state index contributed by atoms with van der Waals surface area (Å²) >= 11 is 6.03. The van der Waals surface area contributed by atoms with Gasteiger partial charge in [0.1, 0.15) is 0 Å². The predicted octanol–water partition coefficient (Wildman–Crippen LogP) is 4.05. The molecule has 3 rings (SSSR count). The quantitative estimate of drug-likeness (QED) is 0.441. The van der Waals surface area contributed by atoms with Gasteiger partial charge in [0.25, 0.3) is 0 Å². The van der Waals surface area contributed by atoms with E-state index in [-0.39, 0.29) is 24.0 Å². The van der Waals surface area contributed by atoms with Crippen LogP contribution in [0.4, 0.5) is 0 Å². The van der Waals surface area contributed by atoms with Gasteiger partial charge in [-0.05, 0) is 37.0 Å². The molecule has 0 heterocycles. The van der Waals surface area contributed by atoms with Crippen molar-refractivity contribution >= 4 is 41.5 Å². The summed E-state index contributed by atoms with van der Waals surface area (Å²) in [5.41, 5.74) is 7.30. The molecule has 2 atom stereocenters. The minimum atomic E-state index is 0. The first-order valence-electron chi connectivity index (χ1n) is 7.57. The topological polar surface area (TPSA) is 50.4 Å². The molecule has 0 amide bonds. The van der Waals surface area contributed by atoms with E-state index >= 15 is 0 Å². The zero-order valence-corrected chi connectivity index (χ0v) is 15.2. The minimum Gasteiger partial charge on any atom is -0.370 e. The molecule has 0 aliphatic heterocycles. The summed E-state index contributed by atoms with van der Waals surface area (Å²) in [6, 6.07) is 8.91. The number of guanidine groups is 1. The van der Waals surface area contributed by atoms with Crippen LogP contribution in [0.3, 0.4) is 0 Å². The summed E-state index contributed by atoms with van der Waals surface area (Å²) in [5, 5.41) is 4.17. The van der Waals surface area contributed by atoms with E-state index < -0.39 is 0 Å². The Morgan fingerprint density at radius 3 is 2.71 bits per heavy atom. The molecule has 3 N–H and O–H groups in total. The van der Waals surface area contributed by atoms with Crippen molar-refractivity contribution in [1.82, 2.24) is 5.32 Å². The first kappa shape index (κ1) is 16.9. The smallest absolute Gasteiger partial charge is 0.189 e. The normalized spacial score (nSPS) is 26.0. The maximum atomic E-state index is 6.03. The molecule has 2 aliphatic rings. The van der Waals surface area contributed by atoms with Crippen LogP contribution in [0.1, 0.15) is 50.0 Å². The van der Waals surface area contributed by atoms with Crippen LogP contribution in [0, 0.1) is 0 Å². The van der Waals surface area contributed by atoms with E-state index in [0.29, 0.717) is 24.0 Å². The number of nitrogens with zero attached hydrogens (tertiary/aromatic N) is 1. The van der Waals surface area contributed by atoms with Crippen molar-refractivity contribution in [3.63, 3.8) is 0 Å². The van der Waals surface area contributed by atoms with Gasteiger partial charge in [0, 0.05) is 17.0 Å². The van der Waals surface area contributed by atoms with Crippen LogP contribution in [-0.4, -0.2) is 18.0 Å². The van der Waals surface area contributed by atoms with E-state index in [4.69, 9.17) is 17.3 Å². The largest absolute Gasteiger partial charge is 0.370 e. The highest BCUT2D eigenvalue weighted by Crippen LogP contribution is 2.43. The minimum absolute atomic E-state index is 0. The Balaban J connectivity index is 0.00000161. The van der Waals surface area contributed by atoms with Gasteiger partial charge in [-0.3, -0.25) is 0 Å². The second-order valence-electron chi connectivity index (χ2n) is 5.96. The van der Waals surface area contributed by atoms with Gasteiger partial charge < -0.3 is 11.1 Å². The van der Waals surface area contributed by atoms with E-state index in [9.17, 15) is 0 Å². The van der Waals surface area contributed by atoms with Crippen LogP contribution >= 0.6 is 35.6 Å². The van der Waals surface area contributed by atoms with E-state index in [1.54, 1.807) is 0 Å². The van der Waals surface area contributed by atoms with Crippen LogP contribution in [0.5, 0.6) is 0 Å². The van der Waals surface area contributed by atoms with Crippen molar-refractivity contribution in [2.45, 2.75) is 56.5 Å². The number of nitrogens with two attached hydrogens (primary N) is 1. The fraction of sp³-hybridized carbons (Fsp3) is 0.562. The lowest BCUT2D eigenvalue weighted by atomic mass is 9.96. The lowest BCUT2D eigenvalue weighted by Crippen LogP contribution is -2.41. The van der Waals surface area contributed by atoms with E-state index in [2.05, 4.69) is 16.4 Å². The zero-order valence-electron chi connectivity index (χ0n) is 12.1. The number of halogens is 2. The van der Waals surface area contributed by atoms with E-state index in [0.717, 1.165) is 11.4 Å². The Hall–Kier alpha value is -0.490. The summed E-state index contributed by atoms with van der Waals surface area (Å²) in [5.74, 6) is 1.10. The molecular formula is C16H23ClIN3. The average molecular weight is 420 g/mol. The number of rotatable bonds is 3. The van der Waals surface area contributed by atoms with Gasteiger partial charge in [0.15, 0.2) is 5.96 Å². The predicted molar refractivity (Wildman–Crippen MR) is 99.6 cm³/mol. The Bertz CT molecular complexity index is 500.